The van der Waals surface area contributed by atoms with Crippen molar-refractivity contribution in [3.8, 4) is 0 Å². The van der Waals surface area contributed by atoms with Gasteiger partial charge >= 0.3 is 0 Å². The van der Waals surface area contributed by atoms with Gasteiger partial charge in [0.15, 0.2) is 4.32 Å². The van der Waals surface area contributed by atoms with Crippen LogP contribution in [-0.4, -0.2) is 21.3 Å². The highest BCUT2D eigenvalue weighted by Gasteiger charge is 2.30. The molecule has 4 heteroatoms. The minimum absolute atomic E-state index is 0.676. The van der Waals surface area contributed by atoms with Crippen LogP contribution in [0.5, 0.6) is 0 Å². The Morgan fingerprint density at radius 1 is 0.882 bits per heavy atom. The third-order valence-electron chi connectivity index (χ3n) is 4.25. The molecule has 2 rings (SSSR count). The second kappa shape index (κ2) is 6.95. The lowest BCUT2D eigenvalue weighted by Gasteiger charge is -2.42. The maximum absolute atomic E-state index is 5.72. The highest BCUT2D eigenvalue weighted by atomic mass is 32.2. The third-order valence-corrected chi connectivity index (χ3v) is 5.16. The number of rotatable bonds is 2. The number of hydrogen-bond acceptors (Lipinski definition) is 3. The van der Waals surface area contributed by atoms with E-state index in [0.717, 1.165) is 4.32 Å². The highest BCUT2D eigenvalue weighted by molar-refractivity contribution is 8.21. The Labute approximate surface area is 115 Å². The minimum Gasteiger partial charge on any atom is -0.351 e. The summed E-state index contributed by atoms with van der Waals surface area (Å²) >= 11 is 6.78. The van der Waals surface area contributed by atoms with Crippen LogP contribution < -0.4 is 5.14 Å². The Kier molecular flexibility index (Phi) is 5.57. The van der Waals surface area contributed by atoms with Crippen molar-refractivity contribution in [3.63, 3.8) is 0 Å². The van der Waals surface area contributed by atoms with Crippen LogP contribution in [0.15, 0.2) is 0 Å². The average Bonchev–Trinajstić information content (AvgIpc) is 2.41. The summed E-state index contributed by atoms with van der Waals surface area (Å²) in [5.74, 6) is 0. The standard InChI is InChI=1S/C13H24N2S2/c14-17-13(16)15(11-7-3-1-4-8-11)12-9-5-2-6-10-12/h11-12H,1-10,14H2. The molecule has 0 bridgehead atoms. The molecule has 0 aromatic rings. The summed E-state index contributed by atoms with van der Waals surface area (Å²) in [5.41, 5.74) is 0. The van der Waals surface area contributed by atoms with E-state index >= 15 is 0 Å². The lowest BCUT2D eigenvalue weighted by atomic mass is 9.89. The van der Waals surface area contributed by atoms with E-state index in [1.807, 2.05) is 0 Å². The van der Waals surface area contributed by atoms with Crippen LogP contribution in [0.2, 0.25) is 0 Å². The minimum atomic E-state index is 0.676. The Morgan fingerprint density at radius 2 is 1.29 bits per heavy atom. The van der Waals surface area contributed by atoms with Crippen molar-refractivity contribution < 1.29 is 0 Å². The van der Waals surface area contributed by atoms with Crippen LogP contribution in [0.1, 0.15) is 64.2 Å². The van der Waals surface area contributed by atoms with Gasteiger partial charge in [0.1, 0.15) is 0 Å². The summed E-state index contributed by atoms with van der Waals surface area (Å²) in [6, 6.07) is 1.35. The predicted molar refractivity (Wildman–Crippen MR) is 80.0 cm³/mol. The quantitative estimate of drug-likeness (QED) is 0.611. The molecule has 2 aliphatic carbocycles. The summed E-state index contributed by atoms with van der Waals surface area (Å²) in [6.07, 6.45) is 13.5. The number of nitrogens with zero attached hydrogens (tertiary/aromatic N) is 1. The molecule has 2 N–H and O–H groups in total. The number of hydrogen-bond donors (Lipinski definition) is 1. The molecule has 0 aliphatic heterocycles. The molecule has 0 radical (unpaired) electrons. The zero-order chi connectivity index (χ0) is 12.1. The van der Waals surface area contributed by atoms with Crippen molar-refractivity contribution in [1.82, 2.24) is 4.90 Å². The molecule has 0 amide bonds. The monoisotopic (exact) mass is 272 g/mol. The van der Waals surface area contributed by atoms with Crippen LogP contribution >= 0.6 is 24.2 Å². The summed E-state index contributed by atoms with van der Waals surface area (Å²) in [7, 11) is 0. The Morgan fingerprint density at radius 3 is 1.65 bits per heavy atom. The van der Waals surface area contributed by atoms with Crippen molar-refractivity contribution in [2.75, 3.05) is 0 Å². The van der Waals surface area contributed by atoms with Crippen LogP contribution in [0.4, 0.5) is 0 Å². The molecule has 2 aliphatic rings. The molecule has 0 spiro atoms. The van der Waals surface area contributed by atoms with Crippen molar-refractivity contribution in [3.05, 3.63) is 0 Å². The SMILES string of the molecule is NSC(=S)N(C1CCCCC1)C1CCCCC1. The summed E-state index contributed by atoms with van der Waals surface area (Å²) in [5, 5.41) is 5.72. The molecule has 2 fully saturated rings. The fourth-order valence-corrected chi connectivity index (χ4v) is 4.09. The van der Waals surface area contributed by atoms with Gasteiger partial charge in [-0.3, -0.25) is 5.14 Å². The second-order valence-corrected chi connectivity index (χ2v) is 6.64. The molecule has 2 saturated carbocycles. The number of thiocarbonyl (C=S) groups is 1. The average molecular weight is 272 g/mol. The van der Waals surface area contributed by atoms with Crippen LogP contribution in [0.3, 0.4) is 0 Å². The molecule has 0 heterocycles. The smallest absolute Gasteiger partial charge is 0.151 e. The number of nitrogens with two attached hydrogens (primary N) is 1. The Balaban J connectivity index is 2.02. The Hall–Kier alpha value is 0.200. The van der Waals surface area contributed by atoms with E-state index in [-0.39, 0.29) is 0 Å². The lowest BCUT2D eigenvalue weighted by Crippen LogP contribution is -2.47. The molecular formula is C13H24N2S2. The van der Waals surface area contributed by atoms with Crippen LogP contribution in [-0.2, 0) is 0 Å². The first-order valence-electron chi connectivity index (χ1n) is 7.02. The fourth-order valence-electron chi connectivity index (χ4n) is 3.38. The van der Waals surface area contributed by atoms with E-state index in [1.54, 1.807) is 0 Å². The first-order chi connectivity index (χ1) is 8.33. The van der Waals surface area contributed by atoms with E-state index in [4.69, 9.17) is 17.4 Å². The van der Waals surface area contributed by atoms with Crippen molar-refractivity contribution in [2.45, 2.75) is 76.3 Å². The van der Waals surface area contributed by atoms with Gasteiger partial charge in [0.25, 0.3) is 0 Å². The normalized spacial score (nSPS) is 23.6. The van der Waals surface area contributed by atoms with Crippen LogP contribution in [0, 0.1) is 0 Å². The van der Waals surface area contributed by atoms with Gasteiger partial charge in [-0.25, -0.2) is 0 Å². The summed E-state index contributed by atoms with van der Waals surface area (Å²) < 4.78 is 0.934. The van der Waals surface area contributed by atoms with Crippen molar-refractivity contribution in [1.29, 1.82) is 0 Å². The zero-order valence-corrected chi connectivity index (χ0v) is 12.2. The van der Waals surface area contributed by atoms with Crippen molar-refractivity contribution in [2.24, 2.45) is 5.14 Å². The third kappa shape index (κ3) is 3.58. The van der Waals surface area contributed by atoms with Crippen LogP contribution in [0.25, 0.3) is 0 Å². The van der Waals surface area contributed by atoms with E-state index < -0.39 is 0 Å². The van der Waals surface area contributed by atoms with Gasteiger partial charge in [-0.2, -0.15) is 0 Å². The maximum atomic E-state index is 5.72. The molecule has 0 atom stereocenters. The zero-order valence-electron chi connectivity index (χ0n) is 10.6. The Bertz CT molecular complexity index is 228. The van der Waals surface area contributed by atoms with Crippen molar-refractivity contribution >= 4 is 28.5 Å². The molecule has 0 aromatic heterocycles. The second-order valence-electron chi connectivity index (χ2n) is 5.37. The molecule has 2 nitrogen and oxygen atoms in total. The fraction of sp³-hybridized carbons (Fsp3) is 0.923. The topological polar surface area (TPSA) is 29.3 Å². The van der Waals surface area contributed by atoms with Gasteiger partial charge in [-0.1, -0.05) is 50.7 Å². The van der Waals surface area contributed by atoms with E-state index in [2.05, 4.69) is 4.90 Å². The molecular weight excluding hydrogens is 248 g/mol. The summed E-state index contributed by atoms with van der Waals surface area (Å²) in [4.78, 5) is 2.51. The molecule has 0 unspecified atom stereocenters. The molecule has 17 heavy (non-hydrogen) atoms. The van der Waals surface area contributed by atoms with Gasteiger partial charge in [-0.15, -0.1) is 0 Å². The van der Waals surface area contributed by atoms with E-state index in [9.17, 15) is 0 Å². The first kappa shape index (κ1) is 13.6. The van der Waals surface area contributed by atoms with Gasteiger partial charge < -0.3 is 4.90 Å². The summed E-state index contributed by atoms with van der Waals surface area (Å²) in [6.45, 7) is 0. The van der Waals surface area contributed by atoms with Gasteiger partial charge in [-0.05, 0) is 37.6 Å². The van der Waals surface area contributed by atoms with Gasteiger partial charge in [0, 0.05) is 12.1 Å². The molecule has 0 aromatic carbocycles. The predicted octanol–water partition coefficient (Wildman–Crippen LogP) is 3.85. The van der Waals surface area contributed by atoms with Gasteiger partial charge in [0.05, 0.1) is 0 Å². The highest BCUT2D eigenvalue weighted by Crippen LogP contribution is 2.31. The van der Waals surface area contributed by atoms with E-state index in [1.165, 1.54) is 76.2 Å². The largest absolute Gasteiger partial charge is 0.351 e. The maximum Gasteiger partial charge on any atom is 0.151 e. The molecule has 98 valence electrons. The lowest BCUT2D eigenvalue weighted by molar-refractivity contribution is 0.164. The molecule has 0 saturated heterocycles. The first-order valence-corrected chi connectivity index (χ1v) is 8.30. The van der Waals surface area contributed by atoms with Gasteiger partial charge in [0.2, 0.25) is 0 Å². The van der Waals surface area contributed by atoms with E-state index in [0.29, 0.717) is 12.1 Å².